The van der Waals surface area contributed by atoms with Gasteiger partial charge < -0.3 is 4.90 Å². The van der Waals surface area contributed by atoms with Crippen molar-refractivity contribution >= 4 is 11.3 Å². The molecule has 1 aromatic heterocycles. The number of fused-ring (bicyclic) bond motifs is 1. The van der Waals surface area contributed by atoms with Gasteiger partial charge in [-0.1, -0.05) is 13.8 Å². The monoisotopic (exact) mass is 212 g/mol. The molecule has 0 aromatic carbocycles. The summed E-state index contributed by atoms with van der Waals surface area (Å²) < 4.78 is 0. The zero-order valence-electron chi connectivity index (χ0n) is 9.63. The number of thiazole rings is 1. The molecule has 3 heteroatoms. The summed E-state index contributed by atoms with van der Waals surface area (Å²) >= 11 is 1.87. The maximum atomic E-state index is 4.54. The van der Waals surface area contributed by atoms with Gasteiger partial charge in [0.2, 0.25) is 0 Å². The third kappa shape index (κ3) is 2.79. The van der Waals surface area contributed by atoms with E-state index in [0.29, 0.717) is 0 Å². The van der Waals surface area contributed by atoms with Gasteiger partial charge in [-0.2, -0.15) is 0 Å². The molecular formula is C11H20N2S. The van der Waals surface area contributed by atoms with Crippen LogP contribution in [0.15, 0.2) is 0 Å². The highest BCUT2D eigenvalue weighted by molar-refractivity contribution is 7.11. The summed E-state index contributed by atoms with van der Waals surface area (Å²) in [4.78, 5) is 8.43. The minimum absolute atomic E-state index is 1.14. The van der Waals surface area contributed by atoms with Crippen LogP contribution in [0.5, 0.6) is 0 Å². The standard InChI is InChI=1S/C9H14N2S.C2H6/c1-7-10-8-3-5-11(2)6-4-9(8)12-7;1-2/h3-6H2,1-2H3;1-2H3. The van der Waals surface area contributed by atoms with Gasteiger partial charge in [0.15, 0.2) is 0 Å². The normalized spacial score (nSPS) is 16.6. The van der Waals surface area contributed by atoms with Crippen LogP contribution in [0.4, 0.5) is 0 Å². The van der Waals surface area contributed by atoms with Crippen molar-refractivity contribution in [1.82, 2.24) is 9.88 Å². The molecule has 14 heavy (non-hydrogen) atoms. The van der Waals surface area contributed by atoms with Gasteiger partial charge in [-0.15, -0.1) is 11.3 Å². The average Bonchev–Trinajstić information content (AvgIpc) is 2.47. The molecule has 0 saturated carbocycles. The summed E-state index contributed by atoms with van der Waals surface area (Å²) in [5.41, 5.74) is 1.35. The van der Waals surface area contributed by atoms with E-state index in [4.69, 9.17) is 0 Å². The van der Waals surface area contributed by atoms with Crippen molar-refractivity contribution in [3.63, 3.8) is 0 Å². The molecule has 80 valence electrons. The Labute approximate surface area is 91.0 Å². The zero-order chi connectivity index (χ0) is 10.6. The Morgan fingerprint density at radius 3 is 2.57 bits per heavy atom. The van der Waals surface area contributed by atoms with E-state index in [0.717, 1.165) is 13.0 Å². The fraction of sp³-hybridized carbons (Fsp3) is 0.727. The van der Waals surface area contributed by atoms with Gasteiger partial charge in [-0.3, -0.25) is 0 Å². The largest absolute Gasteiger partial charge is 0.306 e. The Bertz CT molecular complexity index is 255. The molecule has 0 bridgehead atoms. The number of hydrogen-bond donors (Lipinski definition) is 0. The van der Waals surface area contributed by atoms with Crippen LogP contribution in [0.25, 0.3) is 0 Å². The Morgan fingerprint density at radius 2 is 1.86 bits per heavy atom. The summed E-state index contributed by atoms with van der Waals surface area (Å²) in [6, 6.07) is 0. The van der Waals surface area contributed by atoms with Crippen LogP contribution >= 0.6 is 11.3 Å². The fourth-order valence-electron chi connectivity index (χ4n) is 1.60. The van der Waals surface area contributed by atoms with Crippen molar-refractivity contribution in [3.05, 3.63) is 15.6 Å². The first-order valence-corrected chi connectivity index (χ1v) is 6.21. The molecule has 2 rings (SSSR count). The van der Waals surface area contributed by atoms with E-state index in [1.807, 2.05) is 25.2 Å². The number of hydrogen-bond acceptors (Lipinski definition) is 3. The molecule has 2 heterocycles. The van der Waals surface area contributed by atoms with E-state index >= 15 is 0 Å². The molecule has 0 amide bonds. The van der Waals surface area contributed by atoms with Crippen molar-refractivity contribution < 1.29 is 0 Å². The van der Waals surface area contributed by atoms with E-state index < -0.39 is 0 Å². The fourth-order valence-corrected chi connectivity index (χ4v) is 2.58. The molecule has 0 unspecified atom stereocenters. The van der Waals surface area contributed by atoms with Gasteiger partial charge in [0.1, 0.15) is 0 Å². The molecular weight excluding hydrogens is 192 g/mol. The number of likely N-dealkylation sites (N-methyl/N-ethyl adjacent to an activating group) is 1. The second kappa shape index (κ2) is 5.47. The highest BCUT2D eigenvalue weighted by atomic mass is 32.1. The predicted octanol–water partition coefficient (Wildman–Crippen LogP) is 2.51. The molecule has 0 spiro atoms. The number of nitrogens with zero attached hydrogens (tertiary/aromatic N) is 2. The van der Waals surface area contributed by atoms with Gasteiger partial charge in [0.05, 0.1) is 10.7 Å². The third-order valence-corrected chi connectivity index (χ3v) is 3.41. The molecule has 0 aliphatic carbocycles. The first kappa shape index (κ1) is 11.7. The lowest BCUT2D eigenvalue weighted by molar-refractivity contribution is 0.352. The van der Waals surface area contributed by atoms with Gasteiger partial charge in [-0.25, -0.2) is 4.98 Å². The molecule has 0 atom stereocenters. The quantitative estimate of drug-likeness (QED) is 0.657. The number of aryl methyl sites for hydroxylation is 1. The van der Waals surface area contributed by atoms with Crippen LogP contribution in [-0.2, 0) is 12.8 Å². The summed E-state index contributed by atoms with van der Waals surface area (Å²) in [7, 11) is 2.18. The van der Waals surface area contributed by atoms with Gasteiger partial charge in [-0.05, 0) is 20.4 Å². The average molecular weight is 212 g/mol. The highest BCUT2D eigenvalue weighted by Crippen LogP contribution is 2.21. The predicted molar refractivity (Wildman–Crippen MR) is 63.1 cm³/mol. The maximum Gasteiger partial charge on any atom is 0.0900 e. The zero-order valence-corrected chi connectivity index (χ0v) is 10.4. The lowest BCUT2D eigenvalue weighted by Gasteiger charge is -2.10. The van der Waals surface area contributed by atoms with Crippen molar-refractivity contribution in [2.24, 2.45) is 0 Å². The molecule has 0 radical (unpaired) electrons. The highest BCUT2D eigenvalue weighted by Gasteiger charge is 2.14. The minimum atomic E-state index is 1.14. The molecule has 1 aliphatic heterocycles. The second-order valence-corrected chi connectivity index (χ2v) is 4.69. The lowest BCUT2D eigenvalue weighted by Crippen LogP contribution is -2.20. The summed E-state index contributed by atoms with van der Waals surface area (Å²) in [5.74, 6) is 0. The van der Waals surface area contributed by atoms with Crippen LogP contribution < -0.4 is 0 Å². The Morgan fingerprint density at radius 1 is 1.21 bits per heavy atom. The van der Waals surface area contributed by atoms with Crippen molar-refractivity contribution in [1.29, 1.82) is 0 Å². The van der Waals surface area contributed by atoms with E-state index in [-0.39, 0.29) is 0 Å². The summed E-state index contributed by atoms with van der Waals surface area (Å²) in [6.07, 6.45) is 2.33. The van der Waals surface area contributed by atoms with E-state index in [9.17, 15) is 0 Å². The van der Waals surface area contributed by atoms with E-state index in [1.54, 1.807) is 0 Å². The van der Waals surface area contributed by atoms with Crippen LogP contribution in [-0.4, -0.2) is 30.0 Å². The summed E-state index contributed by atoms with van der Waals surface area (Å²) in [5, 5.41) is 1.23. The third-order valence-electron chi connectivity index (χ3n) is 2.34. The Kier molecular flexibility index (Phi) is 4.55. The van der Waals surface area contributed by atoms with Gasteiger partial charge in [0.25, 0.3) is 0 Å². The molecule has 1 aromatic rings. The molecule has 0 N–H and O–H groups in total. The smallest absolute Gasteiger partial charge is 0.0900 e. The van der Waals surface area contributed by atoms with Crippen molar-refractivity contribution in [2.45, 2.75) is 33.6 Å². The molecule has 2 nitrogen and oxygen atoms in total. The summed E-state index contributed by atoms with van der Waals surface area (Å²) in [6.45, 7) is 8.45. The van der Waals surface area contributed by atoms with Crippen LogP contribution in [0.2, 0.25) is 0 Å². The van der Waals surface area contributed by atoms with E-state index in [2.05, 4.69) is 23.9 Å². The first-order valence-electron chi connectivity index (χ1n) is 5.39. The van der Waals surface area contributed by atoms with Gasteiger partial charge in [0, 0.05) is 24.4 Å². The SMILES string of the molecule is CC.Cc1nc2c(s1)CCN(C)CC2. The van der Waals surface area contributed by atoms with Crippen molar-refractivity contribution in [2.75, 3.05) is 20.1 Å². The lowest BCUT2D eigenvalue weighted by atomic mass is 10.2. The van der Waals surface area contributed by atoms with Crippen LogP contribution in [0.3, 0.4) is 0 Å². The van der Waals surface area contributed by atoms with E-state index in [1.165, 1.54) is 28.5 Å². The van der Waals surface area contributed by atoms with Crippen molar-refractivity contribution in [3.8, 4) is 0 Å². The van der Waals surface area contributed by atoms with Crippen LogP contribution in [0.1, 0.15) is 29.4 Å². The second-order valence-electron chi connectivity index (χ2n) is 3.41. The number of rotatable bonds is 0. The molecule has 0 fully saturated rings. The molecule has 1 aliphatic rings. The van der Waals surface area contributed by atoms with Crippen LogP contribution in [0, 0.1) is 6.92 Å². The Balaban J connectivity index is 0.000000461. The topological polar surface area (TPSA) is 16.1 Å². The first-order chi connectivity index (χ1) is 6.75. The number of aromatic nitrogens is 1. The minimum Gasteiger partial charge on any atom is -0.306 e. The Hall–Kier alpha value is -0.410. The molecule has 0 saturated heterocycles. The maximum absolute atomic E-state index is 4.54. The van der Waals surface area contributed by atoms with Gasteiger partial charge >= 0.3 is 0 Å².